The zero-order valence-corrected chi connectivity index (χ0v) is 12.9. The molecule has 25 heavy (non-hydrogen) atoms. The Hall–Kier alpha value is -2.83. The molecular weight excluding hydrogens is 338 g/mol. The van der Waals surface area contributed by atoms with E-state index in [9.17, 15) is 27.2 Å². The molecule has 1 aliphatic rings. The highest BCUT2D eigenvalue weighted by atomic mass is 19.3. The summed E-state index contributed by atoms with van der Waals surface area (Å²) < 4.78 is 54.0. The van der Waals surface area contributed by atoms with E-state index in [4.69, 9.17) is 0 Å². The first-order valence-corrected chi connectivity index (χ1v) is 7.29. The number of halogens is 4. The van der Waals surface area contributed by atoms with Crippen LogP contribution in [0.5, 0.6) is 0 Å². The average molecular weight is 349 g/mol. The highest BCUT2D eigenvalue weighted by Gasteiger charge is 2.31. The van der Waals surface area contributed by atoms with Crippen LogP contribution in [0.1, 0.15) is 38.9 Å². The number of hydrogen-bond donors (Lipinski definition) is 0. The fourth-order valence-electron chi connectivity index (χ4n) is 2.59. The van der Waals surface area contributed by atoms with Crippen LogP contribution in [0.2, 0.25) is 0 Å². The molecular formula is C18H11F4NO2. The smallest absolute Gasteiger partial charge is 0.272 e. The molecule has 0 unspecified atom stereocenters. The van der Waals surface area contributed by atoms with Gasteiger partial charge in [-0.25, -0.2) is 17.6 Å². The highest BCUT2D eigenvalue weighted by Crippen LogP contribution is 2.29. The minimum absolute atomic E-state index is 0.0782. The van der Waals surface area contributed by atoms with E-state index in [1.54, 1.807) is 0 Å². The number of pyridine rings is 1. The maximum atomic E-state index is 13.9. The lowest BCUT2D eigenvalue weighted by molar-refractivity contribution is 0.0171. The number of alkyl halides is 2. The number of nitrogens with zero attached hydrogens (tertiary/aromatic N) is 1. The molecule has 0 fully saturated rings. The van der Waals surface area contributed by atoms with Gasteiger partial charge in [0.05, 0.1) is 11.1 Å². The quantitative estimate of drug-likeness (QED) is 0.787. The second-order valence-corrected chi connectivity index (χ2v) is 5.75. The van der Waals surface area contributed by atoms with Gasteiger partial charge < -0.3 is 0 Å². The van der Waals surface area contributed by atoms with Crippen LogP contribution in [0, 0.1) is 11.6 Å². The number of Topliss-reactive ketones (excluding diaryl/α,β-unsaturated/α-hetero) is 1. The zero-order valence-electron chi connectivity index (χ0n) is 12.9. The highest BCUT2D eigenvalue weighted by molar-refractivity contribution is 6.24. The van der Waals surface area contributed by atoms with Crippen molar-refractivity contribution in [3.05, 3.63) is 76.1 Å². The molecule has 1 aromatic carbocycles. The monoisotopic (exact) mass is 349 g/mol. The Labute approximate surface area is 140 Å². The fraction of sp³-hybridized carbons (Fsp3) is 0.167. The number of ketones is 2. The third-order valence-electron chi connectivity index (χ3n) is 3.88. The van der Waals surface area contributed by atoms with Gasteiger partial charge in [0.25, 0.3) is 5.92 Å². The number of hydrogen-bond acceptors (Lipinski definition) is 3. The lowest BCUT2D eigenvalue weighted by Crippen LogP contribution is -2.21. The largest absolute Gasteiger partial charge is 0.289 e. The summed E-state index contributed by atoms with van der Waals surface area (Å²) in [7, 11) is 0. The molecule has 2 aromatic rings. The van der Waals surface area contributed by atoms with Crippen LogP contribution in [0.25, 0.3) is 0 Å². The zero-order chi connectivity index (χ0) is 18.4. The van der Waals surface area contributed by atoms with Crippen molar-refractivity contribution in [2.75, 3.05) is 0 Å². The van der Waals surface area contributed by atoms with E-state index in [2.05, 4.69) is 4.98 Å². The van der Waals surface area contributed by atoms with Gasteiger partial charge in [-0.3, -0.25) is 14.6 Å². The maximum Gasteiger partial charge on any atom is 0.272 e. The Morgan fingerprint density at radius 3 is 2.20 bits per heavy atom. The summed E-state index contributed by atoms with van der Waals surface area (Å²) in [6.45, 7) is 0.726. The lowest BCUT2D eigenvalue weighted by Gasteiger charge is -2.16. The molecule has 3 nitrogen and oxygen atoms in total. The van der Waals surface area contributed by atoms with Crippen LogP contribution in [-0.2, 0) is 12.3 Å². The molecule has 0 aliphatic heterocycles. The van der Waals surface area contributed by atoms with Crippen molar-refractivity contribution in [1.82, 2.24) is 4.98 Å². The summed E-state index contributed by atoms with van der Waals surface area (Å²) in [4.78, 5) is 28.3. The van der Waals surface area contributed by atoms with Crippen LogP contribution >= 0.6 is 0 Å². The van der Waals surface area contributed by atoms with Gasteiger partial charge in [0.15, 0.2) is 11.6 Å². The Kier molecular flexibility index (Phi) is 4.02. The molecule has 128 valence electrons. The molecule has 0 spiro atoms. The van der Waals surface area contributed by atoms with Crippen molar-refractivity contribution in [2.45, 2.75) is 19.3 Å². The molecule has 3 rings (SSSR count). The Balaban J connectivity index is 1.93. The molecule has 0 saturated heterocycles. The molecule has 0 saturated carbocycles. The van der Waals surface area contributed by atoms with Crippen molar-refractivity contribution in [3.63, 3.8) is 0 Å². The van der Waals surface area contributed by atoms with Gasteiger partial charge in [-0.15, -0.1) is 0 Å². The first-order chi connectivity index (χ1) is 11.7. The summed E-state index contributed by atoms with van der Waals surface area (Å²) in [5.74, 6) is -6.66. The average Bonchev–Trinajstić information content (AvgIpc) is 2.54. The van der Waals surface area contributed by atoms with Crippen molar-refractivity contribution in [1.29, 1.82) is 0 Å². The Morgan fingerprint density at radius 2 is 1.64 bits per heavy atom. The number of benzene rings is 1. The molecule has 7 heteroatoms. The standard InChI is InChI=1S/C18H11F4NO2/c1-18(21,22)10-2-3-11(23-8-10)6-9-7-14(24)15-12(19)4-5-13(20)16(15)17(9)25/h2-5,7-8H,6H2,1H3. The predicted octanol–water partition coefficient (Wildman–Crippen LogP) is 4.02. The third kappa shape index (κ3) is 3.09. The molecule has 0 N–H and O–H groups in total. The van der Waals surface area contributed by atoms with Crippen LogP contribution in [0.3, 0.4) is 0 Å². The number of carbonyl (C=O) groups is 2. The SMILES string of the molecule is CC(F)(F)c1ccc(CC2=CC(=O)c3c(F)ccc(F)c3C2=O)nc1. The lowest BCUT2D eigenvalue weighted by atomic mass is 9.86. The van der Waals surface area contributed by atoms with Gasteiger partial charge in [-0.2, -0.15) is 0 Å². The van der Waals surface area contributed by atoms with Gasteiger partial charge >= 0.3 is 0 Å². The number of rotatable bonds is 3. The van der Waals surface area contributed by atoms with E-state index in [0.29, 0.717) is 0 Å². The van der Waals surface area contributed by atoms with Gasteiger partial charge in [0, 0.05) is 36.4 Å². The maximum absolute atomic E-state index is 13.9. The van der Waals surface area contributed by atoms with E-state index in [0.717, 1.165) is 37.4 Å². The summed E-state index contributed by atoms with van der Waals surface area (Å²) in [6.07, 6.45) is 1.74. The van der Waals surface area contributed by atoms with Gasteiger partial charge in [0.2, 0.25) is 0 Å². The molecule has 0 atom stereocenters. The van der Waals surface area contributed by atoms with Gasteiger partial charge in [-0.05, 0) is 30.3 Å². The van der Waals surface area contributed by atoms with Crippen LogP contribution in [-0.4, -0.2) is 16.6 Å². The van der Waals surface area contributed by atoms with Gasteiger partial charge in [0.1, 0.15) is 11.6 Å². The van der Waals surface area contributed by atoms with Crippen molar-refractivity contribution >= 4 is 11.6 Å². The first kappa shape index (κ1) is 17.0. The first-order valence-electron chi connectivity index (χ1n) is 7.29. The van der Waals surface area contributed by atoms with Crippen molar-refractivity contribution in [2.24, 2.45) is 0 Å². The summed E-state index contributed by atoms with van der Waals surface area (Å²) >= 11 is 0. The molecule has 1 aromatic heterocycles. The van der Waals surface area contributed by atoms with Crippen LogP contribution < -0.4 is 0 Å². The molecule has 0 bridgehead atoms. The molecule has 1 heterocycles. The number of aromatic nitrogens is 1. The van der Waals surface area contributed by atoms with E-state index in [-0.39, 0.29) is 23.3 Å². The summed E-state index contributed by atoms with van der Waals surface area (Å²) in [5.41, 5.74) is -1.33. The number of carbonyl (C=O) groups excluding carboxylic acids is 2. The fourth-order valence-corrected chi connectivity index (χ4v) is 2.59. The summed E-state index contributed by atoms with van der Waals surface area (Å²) in [5, 5.41) is 0. The van der Waals surface area contributed by atoms with Crippen molar-refractivity contribution < 1.29 is 27.2 Å². The second-order valence-electron chi connectivity index (χ2n) is 5.75. The normalized spacial score (nSPS) is 14.4. The topological polar surface area (TPSA) is 47.0 Å². The van der Waals surface area contributed by atoms with E-state index in [1.807, 2.05) is 0 Å². The Morgan fingerprint density at radius 1 is 1.00 bits per heavy atom. The van der Waals surface area contributed by atoms with Crippen molar-refractivity contribution in [3.8, 4) is 0 Å². The summed E-state index contributed by atoms with van der Waals surface area (Å²) in [6, 6.07) is 4.01. The number of allylic oxidation sites excluding steroid dienone is 2. The third-order valence-corrected chi connectivity index (χ3v) is 3.88. The van der Waals surface area contributed by atoms with Crippen LogP contribution in [0.4, 0.5) is 17.6 Å². The predicted molar refractivity (Wildman–Crippen MR) is 80.6 cm³/mol. The molecule has 1 aliphatic carbocycles. The number of fused-ring (bicyclic) bond motifs is 1. The Bertz CT molecular complexity index is 912. The van der Waals surface area contributed by atoms with E-state index >= 15 is 0 Å². The van der Waals surface area contributed by atoms with E-state index in [1.165, 1.54) is 6.07 Å². The van der Waals surface area contributed by atoms with Gasteiger partial charge in [-0.1, -0.05) is 0 Å². The molecule has 0 radical (unpaired) electrons. The second kappa shape index (κ2) is 5.91. The van der Waals surface area contributed by atoms with Crippen LogP contribution in [0.15, 0.2) is 42.1 Å². The minimum atomic E-state index is -3.05. The molecule has 0 amide bonds. The van der Waals surface area contributed by atoms with E-state index < -0.39 is 40.3 Å². The minimum Gasteiger partial charge on any atom is -0.289 e.